The van der Waals surface area contributed by atoms with Gasteiger partial charge in [-0.25, -0.2) is 8.42 Å². The fourth-order valence-electron chi connectivity index (χ4n) is 3.71. The maximum absolute atomic E-state index is 13.6. The number of hydrogen-bond acceptors (Lipinski definition) is 5. The van der Waals surface area contributed by atoms with Gasteiger partial charge in [0.05, 0.1) is 17.2 Å². The number of amides is 2. The molecule has 0 bridgehead atoms. The topological polar surface area (TPSA) is 110 Å². The number of ether oxygens (including phenoxy) is 1. The molecule has 0 unspecified atom stereocenters. The van der Waals surface area contributed by atoms with Crippen LogP contribution in [-0.4, -0.2) is 51.4 Å². The van der Waals surface area contributed by atoms with E-state index in [1.165, 1.54) is 12.1 Å². The minimum Gasteiger partial charge on any atom is -0.492 e. The number of piperidine rings is 1. The van der Waals surface area contributed by atoms with Gasteiger partial charge in [-0.05, 0) is 51.0 Å². The maximum Gasteiger partial charge on any atom is 0.264 e. The molecule has 2 aromatic carbocycles. The Balaban J connectivity index is 1.94. The molecule has 1 aliphatic rings. The van der Waals surface area contributed by atoms with Gasteiger partial charge in [-0.3, -0.25) is 13.9 Å². The minimum atomic E-state index is -4.04. The highest BCUT2D eigenvalue weighted by atomic mass is 32.2. The first-order chi connectivity index (χ1) is 15.2. The number of hydrogen-bond donors (Lipinski definition) is 1. The number of carbonyl (C=O) groups is 2. The molecule has 3 rings (SSSR count). The van der Waals surface area contributed by atoms with Gasteiger partial charge >= 0.3 is 0 Å². The predicted molar refractivity (Wildman–Crippen MR) is 122 cm³/mol. The Labute approximate surface area is 189 Å². The molecular formula is C23H29N3O5S. The van der Waals surface area contributed by atoms with E-state index in [0.29, 0.717) is 44.0 Å². The molecule has 1 heterocycles. The molecule has 0 aromatic heterocycles. The van der Waals surface area contributed by atoms with Crippen LogP contribution in [0.2, 0.25) is 0 Å². The van der Waals surface area contributed by atoms with Crippen LogP contribution in [0.5, 0.6) is 5.75 Å². The van der Waals surface area contributed by atoms with Crippen molar-refractivity contribution in [3.05, 3.63) is 54.1 Å². The molecule has 2 N–H and O–H groups in total. The summed E-state index contributed by atoms with van der Waals surface area (Å²) in [4.78, 5) is 26.2. The fraction of sp³-hybridized carbons (Fsp3) is 0.391. The number of likely N-dealkylation sites (tertiary alicyclic amines) is 1. The molecule has 172 valence electrons. The van der Waals surface area contributed by atoms with Crippen LogP contribution in [0.25, 0.3) is 0 Å². The summed E-state index contributed by atoms with van der Waals surface area (Å²) in [7, 11) is -4.04. The Kier molecular flexibility index (Phi) is 7.40. The van der Waals surface area contributed by atoms with Crippen molar-refractivity contribution in [1.29, 1.82) is 0 Å². The third kappa shape index (κ3) is 5.21. The van der Waals surface area contributed by atoms with Crippen LogP contribution in [0.4, 0.5) is 5.69 Å². The lowest BCUT2D eigenvalue weighted by Crippen LogP contribution is -2.47. The highest BCUT2D eigenvalue weighted by Crippen LogP contribution is 2.33. The van der Waals surface area contributed by atoms with Gasteiger partial charge in [-0.15, -0.1) is 0 Å². The van der Waals surface area contributed by atoms with Gasteiger partial charge in [0.15, 0.2) is 0 Å². The molecule has 1 fully saturated rings. The molecule has 1 saturated heterocycles. The molecule has 0 radical (unpaired) electrons. The minimum absolute atomic E-state index is 0.0923. The molecule has 2 amide bonds. The quantitative estimate of drug-likeness (QED) is 0.651. The highest BCUT2D eigenvalue weighted by Gasteiger charge is 2.32. The number of benzene rings is 2. The van der Waals surface area contributed by atoms with Crippen molar-refractivity contribution >= 4 is 27.5 Å². The van der Waals surface area contributed by atoms with Gasteiger partial charge < -0.3 is 15.4 Å². The highest BCUT2D eigenvalue weighted by molar-refractivity contribution is 7.92. The molecular weight excluding hydrogens is 430 g/mol. The van der Waals surface area contributed by atoms with Gasteiger partial charge in [0.2, 0.25) is 11.8 Å². The van der Waals surface area contributed by atoms with Crippen LogP contribution in [0.3, 0.4) is 0 Å². The van der Waals surface area contributed by atoms with Crippen LogP contribution in [0, 0.1) is 12.8 Å². The second kappa shape index (κ2) is 10.0. The lowest BCUT2D eigenvalue weighted by molar-refractivity contribution is -0.133. The van der Waals surface area contributed by atoms with Crippen LogP contribution in [0.15, 0.2) is 53.4 Å². The van der Waals surface area contributed by atoms with E-state index in [1.54, 1.807) is 41.3 Å². The van der Waals surface area contributed by atoms with Crippen LogP contribution >= 0.6 is 0 Å². The molecule has 8 nitrogen and oxygen atoms in total. The van der Waals surface area contributed by atoms with E-state index >= 15 is 0 Å². The van der Waals surface area contributed by atoms with E-state index in [2.05, 4.69) is 0 Å². The number of primary amides is 1. The standard InChI is InChI=1S/C23H29N3O5S/c1-3-31-21-7-5-4-6-20(21)26(32(29,30)19-10-8-17(2)9-11-19)16-22(27)25-14-12-18(13-15-25)23(24)28/h4-11,18H,3,12-16H2,1-2H3,(H2,24,28). The molecule has 0 atom stereocenters. The van der Waals surface area contributed by atoms with Gasteiger partial charge in [0, 0.05) is 19.0 Å². The van der Waals surface area contributed by atoms with Crippen molar-refractivity contribution in [2.75, 3.05) is 30.5 Å². The normalized spacial score (nSPS) is 14.8. The average molecular weight is 460 g/mol. The third-order valence-corrected chi connectivity index (χ3v) is 7.35. The number of para-hydroxylation sites is 2. The maximum atomic E-state index is 13.6. The summed E-state index contributed by atoms with van der Waals surface area (Å²) in [5.41, 5.74) is 6.61. The molecule has 0 spiro atoms. The molecule has 1 aliphatic heterocycles. The first-order valence-electron chi connectivity index (χ1n) is 10.6. The number of nitrogens with two attached hydrogens (primary N) is 1. The number of aryl methyl sites for hydroxylation is 1. The Hall–Kier alpha value is -3.07. The van der Waals surface area contributed by atoms with Crippen LogP contribution < -0.4 is 14.8 Å². The number of nitrogens with zero attached hydrogens (tertiary/aromatic N) is 2. The van der Waals surface area contributed by atoms with Crippen molar-refractivity contribution in [2.24, 2.45) is 11.7 Å². The Bertz CT molecular complexity index is 1060. The van der Waals surface area contributed by atoms with Crippen molar-refractivity contribution < 1.29 is 22.7 Å². The van der Waals surface area contributed by atoms with Gasteiger partial charge in [0.25, 0.3) is 10.0 Å². The Morgan fingerprint density at radius 1 is 1.09 bits per heavy atom. The number of rotatable bonds is 8. The summed E-state index contributed by atoms with van der Waals surface area (Å²) >= 11 is 0. The monoisotopic (exact) mass is 459 g/mol. The van der Waals surface area contributed by atoms with E-state index in [1.807, 2.05) is 13.8 Å². The fourth-order valence-corrected chi connectivity index (χ4v) is 5.14. The summed E-state index contributed by atoms with van der Waals surface area (Å²) < 4.78 is 34.0. The third-order valence-electron chi connectivity index (χ3n) is 5.57. The number of carbonyl (C=O) groups excluding carboxylic acids is 2. The zero-order valence-corrected chi connectivity index (χ0v) is 19.2. The second-order valence-electron chi connectivity index (χ2n) is 7.78. The molecule has 2 aromatic rings. The predicted octanol–water partition coefficient (Wildman–Crippen LogP) is 2.31. The van der Waals surface area contributed by atoms with Gasteiger partial charge in [-0.2, -0.15) is 0 Å². The number of anilines is 1. The summed E-state index contributed by atoms with van der Waals surface area (Å²) in [6.07, 6.45) is 0.947. The molecule has 32 heavy (non-hydrogen) atoms. The average Bonchev–Trinajstić information content (AvgIpc) is 2.78. The molecule has 0 saturated carbocycles. The SMILES string of the molecule is CCOc1ccccc1N(CC(=O)N1CCC(C(N)=O)CC1)S(=O)(=O)c1ccc(C)cc1. The second-order valence-corrected chi connectivity index (χ2v) is 9.65. The van der Waals surface area contributed by atoms with Crippen LogP contribution in [-0.2, 0) is 19.6 Å². The smallest absolute Gasteiger partial charge is 0.264 e. The first-order valence-corrected chi connectivity index (χ1v) is 12.1. The Morgan fingerprint density at radius 3 is 2.31 bits per heavy atom. The zero-order valence-electron chi connectivity index (χ0n) is 18.4. The molecule has 9 heteroatoms. The molecule has 0 aliphatic carbocycles. The summed E-state index contributed by atoms with van der Waals surface area (Å²) in [6.45, 7) is 4.38. The van der Waals surface area contributed by atoms with E-state index in [-0.39, 0.29) is 29.2 Å². The Morgan fingerprint density at radius 2 is 1.72 bits per heavy atom. The largest absolute Gasteiger partial charge is 0.492 e. The van der Waals surface area contributed by atoms with E-state index in [0.717, 1.165) is 9.87 Å². The van der Waals surface area contributed by atoms with Gasteiger partial charge in [-0.1, -0.05) is 29.8 Å². The lowest BCUT2D eigenvalue weighted by Gasteiger charge is -2.33. The van der Waals surface area contributed by atoms with Crippen molar-refractivity contribution in [2.45, 2.75) is 31.6 Å². The summed E-state index contributed by atoms with van der Waals surface area (Å²) in [5, 5.41) is 0. The van der Waals surface area contributed by atoms with Gasteiger partial charge in [0.1, 0.15) is 12.3 Å². The summed E-state index contributed by atoms with van der Waals surface area (Å²) in [6, 6.07) is 13.3. The van der Waals surface area contributed by atoms with Crippen LogP contribution in [0.1, 0.15) is 25.3 Å². The van der Waals surface area contributed by atoms with E-state index < -0.39 is 10.0 Å². The van der Waals surface area contributed by atoms with Crippen molar-refractivity contribution in [3.63, 3.8) is 0 Å². The van der Waals surface area contributed by atoms with Crippen molar-refractivity contribution in [3.8, 4) is 5.75 Å². The zero-order chi connectivity index (χ0) is 23.3. The first kappa shape index (κ1) is 23.6. The number of sulfonamides is 1. The van der Waals surface area contributed by atoms with E-state index in [4.69, 9.17) is 10.5 Å². The van der Waals surface area contributed by atoms with Crippen molar-refractivity contribution in [1.82, 2.24) is 4.90 Å². The lowest BCUT2D eigenvalue weighted by atomic mass is 9.96. The summed E-state index contributed by atoms with van der Waals surface area (Å²) in [5.74, 6) is -0.586. The van der Waals surface area contributed by atoms with E-state index in [9.17, 15) is 18.0 Å².